The van der Waals surface area contributed by atoms with E-state index in [4.69, 9.17) is 0 Å². The number of amides is 2. The van der Waals surface area contributed by atoms with Crippen molar-refractivity contribution in [2.75, 3.05) is 5.32 Å². The SMILES string of the molecule is Cc1cc(NC(=O)N/C=C/c2ccc(F)cc2)ccc1Br. The van der Waals surface area contributed by atoms with E-state index < -0.39 is 0 Å². The van der Waals surface area contributed by atoms with Crippen molar-refractivity contribution < 1.29 is 9.18 Å². The number of carbonyl (C=O) groups excluding carboxylic acids is 1. The Bertz CT molecular complexity index is 668. The van der Waals surface area contributed by atoms with Crippen molar-refractivity contribution >= 4 is 33.7 Å². The van der Waals surface area contributed by atoms with Gasteiger partial charge >= 0.3 is 6.03 Å². The van der Waals surface area contributed by atoms with Gasteiger partial charge in [0.2, 0.25) is 0 Å². The fourth-order valence-corrected chi connectivity index (χ4v) is 1.92. The van der Waals surface area contributed by atoms with Gasteiger partial charge in [-0.2, -0.15) is 0 Å². The largest absolute Gasteiger partial charge is 0.323 e. The predicted octanol–water partition coefficient (Wildman–Crippen LogP) is 4.69. The third-order valence-corrected chi connectivity index (χ3v) is 3.67. The molecule has 0 aliphatic rings. The summed E-state index contributed by atoms with van der Waals surface area (Å²) in [5.41, 5.74) is 2.55. The summed E-state index contributed by atoms with van der Waals surface area (Å²) in [6.07, 6.45) is 3.19. The molecular weight excluding hydrogens is 335 g/mol. The van der Waals surface area contributed by atoms with Crippen LogP contribution in [0.4, 0.5) is 14.9 Å². The molecule has 0 radical (unpaired) electrons. The minimum atomic E-state index is -0.338. The highest BCUT2D eigenvalue weighted by Gasteiger charge is 2.01. The van der Waals surface area contributed by atoms with Crippen LogP contribution >= 0.6 is 15.9 Å². The Balaban J connectivity index is 1.89. The van der Waals surface area contributed by atoms with E-state index in [9.17, 15) is 9.18 Å². The minimum absolute atomic E-state index is 0.288. The molecular formula is C16H14BrFN2O. The molecule has 0 aliphatic heterocycles. The van der Waals surface area contributed by atoms with Gasteiger partial charge in [-0.1, -0.05) is 28.1 Å². The van der Waals surface area contributed by atoms with Gasteiger partial charge in [0.1, 0.15) is 5.82 Å². The van der Waals surface area contributed by atoms with Gasteiger partial charge in [0.25, 0.3) is 0 Å². The normalized spacial score (nSPS) is 10.6. The Labute approximate surface area is 131 Å². The molecule has 2 rings (SSSR count). The molecule has 0 saturated heterocycles. The van der Waals surface area contributed by atoms with Crippen LogP contribution in [0.15, 0.2) is 53.1 Å². The molecule has 0 saturated carbocycles. The summed E-state index contributed by atoms with van der Waals surface area (Å²) in [5, 5.41) is 5.32. The monoisotopic (exact) mass is 348 g/mol. The minimum Gasteiger partial charge on any atom is -0.314 e. The fraction of sp³-hybridized carbons (Fsp3) is 0.0625. The van der Waals surface area contributed by atoms with Crippen LogP contribution in [0, 0.1) is 12.7 Å². The summed E-state index contributed by atoms with van der Waals surface area (Å²) >= 11 is 3.40. The van der Waals surface area contributed by atoms with Crippen LogP contribution in [0.2, 0.25) is 0 Å². The first-order chi connectivity index (χ1) is 10.0. The molecule has 21 heavy (non-hydrogen) atoms. The highest BCUT2D eigenvalue weighted by molar-refractivity contribution is 9.10. The van der Waals surface area contributed by atoms with Gasteiger partial charge in [-0.15, -0.1) is 0 Å². The molecule has 2 aromatic carbocycles. The van der Waals surface area contributed by atoms with Gasteiger partial charge in [0.15, 0.2) is 0 Å². The van der Waals surface area contributed by atoms with E-state index in [1.807, 2.05) is 19.1 Å². The molecule has 0 aromatic heterocycles. The zero-order valence-electron chi connectivity index (χ0n) is 11.4. The van der Waals surface area contributed by atoms with Gasteiger partial charge < -0.3 is 10.6 Å². The van der Waals surface area contributed by atoms with Crippen LogP contribution in [0.5, 0.6) is 0 Å². The van der Waals surface area contributed by atoms with Crippen LogP contribution in [-0.2, 0) is 0 Å². The van der Waals surface area contributed by atoms with Gasteiger partial charge in [-0.05, 0) is 54.5 Å². The highest BCUT2D eigenvalue weighted by atomic mass is 79.9. The van der Waals surface area contributed by atoms with Gasteiger partial charge in [0.05, 0.1) is 0 Å². The summed E-state index contributed by atoms with van der Waals surface area (Å²) in [7, 11) is 0. The average molecular weight is 349 g/mol. The molecule has 0 aliphatic carbocycles. The van der Waals surface area contributed by atoms with E-state index in [1.165, 1.54) is 18.3 Å². The Morgan fingerprint density at radius 3 is 2.57 bits per heavy atom. The second-order valence-electron chi connectivity index (χ2n) is 4.45. The van der Waals surface area contributed by atoms with Crippen LogP contribution < -0.4 is 10.6 Å². The molecule has 0 unspecified atom stereocenters. The number of benzene rings is 2. The standard InChI is InChI=1S/C16H14BrFN2O/c1-11-10-14(6-7-15(11)17)20-16(21)19-9-8-12-2-4-13(18)5-3-12/h2-10H,1H3,(H2,19,20,21)/b9-8+. The van der Waals surface area contributed by atoms with Crippen molar-refractivity contribution in [3.63, 3.8) is 0 Å². The number of hydrogen-bond donors (Lipinski definition) is 2. The topological polar surface area (TPSA) is 41.1 Å². The van der Waals surface area contributed by atoms with E-state index in [1.54, 1.807) is 24.3 Å². The number of halogens is 2. The number of anilines is 1. The molecule has 5 heteroatoms. The molecule has 108 valence electrons. The summed E-state index contributed by atoms with van der Waals surface area (Å²) in [4.78, 5) is 11.7. The second-order valence-corrected chi connectivity index (χ2v) is 5.30. The van der Waals surface area contributed by atoms with Crippen LogP contribution in [0.1, 0.15) is 11.1 Å². The van der Waals surface area contributed by atoms with Crippen LogP contribution in [0.25, 0.3) is 6.08 Å². The summed E-state index contributed by atoms with van der Waals surface area (Å²) in [6.45, 7) is 1.95. The van der Waals surface area contributed by atoms with Gasteiger partial charge in [-0.25, -0.2) is 9.18 Å². The Morgan fingerprint density at radius 2 is 1.90 bits per heavy atom. The lowest BCUT2D eigenvalue weighted by Gasteiger charge is -2.06. The smallest absolute Gasteiger partial charge is 0.314 e. The van der Waals surface area contributed by atoms with Crippen molar-refractivity contribution in [3.8, 4) is 0 Å². The maximum atomic E-state index is 12.7. The van der Waals surface area contributed by atoms with E-state index in [0.717, 1.165) is 15.6 Å². The molecule has 0 spiro atoms. The third-order valence-electron chi connectivity index (χ3n) is 2.78. The lowest BCUT2D eigenvalue weighted by molar-refractivity contribution is 0.255. The highest BCUT2D eigenvalue weighted by Crippen LogP contribution is 2.19. The van der Waals surface area contributed by atoms with Crippen molar-refractivity contribution in [2.24, 2.45) is 0 Å². The molecule has 3 nitrogen and oxygen atoms in total. The van der Waals surface area contributed by atoms with Gasteiger partial charge in [0, 0.05) is 16.4 Å². The Kier molecular flexibility index (Phi) is 5.11. The molecule has 2 N–H and O–H groups in total. The van der Waals surface area contributed by atoms with Crippen LogP contribution in [-0.4, -0.2) is 6.03 Å². The number of aryl methyl sites for hydroxylation is 1. The Hall–Kier alpha value is -2.14. The van der Waals surface area contributed by atoms with Crippen LogP contribution in [0.3, 0.4) is 0 Å². The molecule has 0 fully saturated rings. The predicted molar refractivity (Wildman–Crippen MR) is 86.5 cm³/mol. The summed E-state index contributed by atoms with van der Waals surface area (Å²) in [6, 6.07) is 11.2. The first-order valence-corrected chi connectivity index (χ1v) is 7.10. The molecule has 0 heterocycles. The number of hydrogen-bond acceptors (Lipinski definition) is 1. The van der Waals surface area contributed by atoms with E-state index in [0.29, 0.717) is 5.69 Å². The molecule has 0 atom stereocenters. The number of nitrogens with one attached hydrogen (secondary N) is 2. The fourth-order valence-electron chi connectivity index (χ4n) is 1.68. The number of urea groups is 1. The number of rotatable bonds is 3. The Morgan fingerprint density at radius 1 is 1.19 bits per heavy atom. The third kappa shape index (κ3) is 4.72. The quantitative estimate of drug-likeness (QED) is 0.829. The second kappa shape index (κ2) is 7.04. The lowest BCUT2D eigenvalue weighted by Crippen LogP contribution is -2.23. The zero-order chi connectivity index (χ0) is 15.2. The molecule has 2 aromatic rings. The number of carbonyl (C=O) groups is 1. The molecule has 2 amide bonds. The van der Waals surface area contributed by atoms with Crippen molar-refractivity contribution in [2.45, 2.75) is 6.92 Å². The maximum Gasteiger partial charge on any atom is 0.323 e. The average Bonchev–Trinajstić information content (AvgIpc) is 2.45. The van der Waals surface area contributed by atoms with E-state index in [2.05, 4.69) is 26.6 Å². The first kappa shape index (κ1) is 15.3. The van der Waals surface area contributed by atoms with E-state index >= 15 is 0 Å². The summed E-state index contributed by atoms with van der Waals surface area (Å²) < 4.78 is 13.7. The van der Waals surface area contributed by atoms with Crippen molar-refractivity contribution in [1.82, 2.24) is 5.32 Å². The van der Waals surface area contributed by atoms with Crippen molar-refractivity contribution in [3.05, 3.63) is 70.1 Å². The van der Waals surface area contributed by atoms with Gasteiger partial charge in [-0.3, -0.25) is 0 Å². The lowest BCUT2D eigenvalue weighted by atomic mass is 10.2. The molecule has 0 bridgehead atoms. The van der Waals surface area contributed by atoms with E-state index in [-0.39, 0.29) is 11.8 Å². The zero-order valence-corrected chi connectivity index (χ0v) is 12.9. The van der Waals surface area contributed by atoms with Crippen molar-refractivity contribution in [1.29, 1.82) is 0 Å². The first-order valence-electron chi connectivity index (χ1n) is 6.30. The summed E-state index contributed by atoms with van der Waals surface area (Å²) in [5.74, 6) is -0.288. The maximum absolute atomic E-state index is 12.7.